The molecule has 1 aromatic carbocycles. The molecular weight excluding hydrogens is 330 g/mol. The molecule has 3 aromatic rings. The summed E-state index contributed by atoms with van der Waals surface area (Å²) in [5, 5.41) is 5.45. The molecule has 0 spiro atoms. The Bertz CT molecular complexity index is 903. The molecule has 0 unspecified atom stereocenters. The van der Waals surface area contributed by atoms with Crippen molar-refractivity contribution >= 4 is 44.6 Å². The number of thiophene rings is 1. The molecule has 0 saturated heterocycles. The Morgan fingerprint density at radius 2 is 2.13 bits per heavy atom. The number of benzene rings is 1. The first-order chi connectivity index (χ1) is 11.1. The predicted octanol–water partition coefficient (Wildman–Crippen LogP) is 4.41. The summed E-state index contributed by atoms with van der Waals surface area (Å²) < 4.78 is 0.991. The largest absolute Gasteiger partial charge is 0.283 e. The lowest BCUT2D eigenvalue weighted by molar-refractivity contribution is 0.0959. The van der Waals surface area contributed by atoms with E-state index in [-0.39, 0.29) is 5.91 Å². The number of pyridine rings is 1. The Labute approximate surface area is 142 Å². The Kier molecular flexibility index (Phi) is 4.41. The van der Waals surface area contributed by atoms with Gasteiger partial charge in [0, 0.05) is 16.3 Å². The zero-order valence-electron chi connectivity index (χ0n) is 12.6. The number of fused-ring (bicyclic) bond motifs is 1. The van der Waals surface area contributed by atoms with Gasteiger partial charge in [-0.2, -0.15) is 5.10 Å². The van der Waals surface area contributed by atoms with E-state index in [1.807, 2.05) is 43.3 Å². The van der Waals surface area contributed by atoms with E-state index >= 15 is 0 Å². The lowest BCUT2D eigenvalue weighted by Gasteiger charge is -2.01. The van der Waals surface area contributed by atoms with Gasteiger partial charge in [0.25, 0.3) is 5.91 Å². The highest BCUT2D eigenvalue weighted by atomic mass is 35.5. The molecule has 6 heteroatoms. The summed E-state index contributed by atoms with van der Waals surface area (Å²) in [5.74, 6) is -0.316. The molecule has 0 bridgehead atoms. The van der Waals surface area contributed by atoms with Crippen LogP contribution in [0, 0.1) is 6.92 Å². The van der Waals surface area contributed by atoms with Gasteiger partial charge in [0.1, 0.15) is 4.88 Å². The first kappa shape index (κ1) is 15.6. The van der Waals surface area contributed by atoms with E-state index in [2.05, 4.69) is 15.5 Å². The second-order valence-electron chi connectivity index (χ2n) is 5.10. The number of nitrogens with zero attached hydrogens (tertiary/aromatic N) is 2. The van der Waals surface area contributed by atoms with Crippen molar-refractivity contribution in [3.63, 3.8) is 0 Å². The molecule has 2 heterocycles. The van der Waals surface area contributed by atoms with Crippen molar-refractivity contribution in [1.29, 1.82) is 0 Å². The highest BCUT2D eigenvalue weighted by Crippen LogP contribution is 2.35. The van der Waals surface area contributed by atoms with Crippen molar-refractivity contribution in [3.05, 3.63) is 63.8 Å². The fourth-order valence-electron chi connectivity index (χ4n) is 2.14. The van der Waals surface area contributed by atoms with Gasteiger partial charge in [-0.15, -0.1) is 11.3 Å². The standard InChI is InChI=1S/C17H14ClN3OS/c1-10-6-7-12-14(9-10)23-16(15(12)18)17(22)21-20-11(2)13-5-3-4-8-19-13/h3-9H,1-2H3,(H,21,22)/b20-11+. The quantitative estimate of drug-likeness (QED) is 0.565. The molecule has 116 valence electrons. The first-order valence-corrected chi connectivity index (χ1v) is 8.20. The molecule has 3 rings (SSSR count). The average Bonchev–Trinajstić information content (AvgIpc) is 2.89. The molecule has 23 heavy (non-hydrogen) atoms. The Balaban J connectivity index is 1.85. The van der Waals surface area contributed by atoms with Crippen LogP contribution in [0.25, 0.3) is 10.1 Å². The number of aryl methyl sites for hydroxylation is 1. The first-order valence-electron chi connectivity index (χ1n) is 7.01. The molecule has 2 aromatic heterocycles. The van der Waals surface area contributed by atoms with Gasteiger partial charge in [-0.3, -0.25) is 9.78 Å². The Morgan fingerprint density at radius 1 is 1.30 bits per heavy atom. The summed E-state index contributed by atoms with van der Waals surface area (Å²) in [5.41, 5.74) is 5.02. The molecule has 0 radical (unpaired) electrons. The molecule has 1 amide bonds. The van der Waals surface area contributed by atoms with Crippen molar-refractivity contribution < 1.29 is 4.79 Å². The zero-order chi connectivity index (χ0) is 16.4. The van der Waals surface area contributed by atoms with Gasteiger partial charge in [0.15, 0.2) is 0 Å². The third kappa shape index (κ3) is 3.25. The number of hydrogen-bond donors (Lipinski definition) is 1. The number of aromatic nitrogens is 1. The van der Waals surface area contributed by atoms with Crippen LogP contribution in [0.4, 0.5) is 0 Å². The van der Waals surface area contributed by atoms with Crippen molar-refractivity contribution in [1.82, 2.24) is 10.4 Å². The van der Waals surface area contributed by atoms with E-state index in [0.29, 0.717) is 21.3 Å². The van der Waals surface area contributed by atoms with Crippen LogP contribution in [-0.2, 0) is 0 Å². The third-order valence-corrected chi connectivity index (χ3v) is 5.01. The summed E-state index contributed by atoms with van der Waals surface area (Å²) in [7, 11) is 0. The summed E-state index contributed by atoms with van der Waals surface area (Å²) >= 11 is 7.69. The van der Waals surface area contributed by atoms with Crippen LogP contribution in [0.3, 0.4) is 0 Å². The molecule has 1 N–H and O–H groups in total. The van der Waals surface area contributed by atoms with E-state index in [0.717, 1.165) is 15.6 Å². The molecule has 0 fully saturated rings. The van der Waals surface area contributed by atoms with Crippen molar-refractivity contribution in [2.24, 2.45) is 5.10 Å². The molecule has 0 saturated carbocycles. The van der Waals surface area contributed by atoms with E-state index in [1.54, 1.807) is 13.1 Å². The molecule has 0 aliphatic heterocycles. The Hall–Kier alpha value is -2.24. The minimum Gasteiger partial charge on any atom is -0.266 e. The number of halogens is 1. The number of rotatable bonds is 3. The highest BCUT2D eigenvalue weighted by molar-refractivity contribution is 7.21. The Morgan fingerprint density at radius 3 is 2.87 bits per heavy atom. The van der Waals surface area contributed by atoms with Crippen molar-refractivity contribution in [3.8, 4) is 0 Å². The second kappa shape index (κ2) is 6.48. The lowest BCUT2D eigenvalue weighted by atomic mass is 10.2. The van der Waals surface area contributed by atoms with Crippen molar-refractivity contribution in [2.75, 3.05) is 0 Å². The zero-order valence-corrected chi connectivity index (χ0v) is 14.2. The van der Waals surface area contributed by atoms with Crippen molar-refractivity contribution in [2.45, 2.75) is 13.8 Å². The van der Waals surface area contributed by atoms with E-state index < -0.39 is 0 Å². The van der Waals surface area contributed by atoms with Crippen LogP contribution in [0.15, 0.2) is 47.7 Å². The number of nitrogens with one attached hydrogen (secondary N) is 1. The number of hydrogen-bond acceptors (Lipinski definition) is 4. The summed E-state index contributed by atoms with van der Waals surface area (Å²) in [6.07, 6.45) is 1.68. The SMILES string of the molecule is C/C(=N\NC(=O)c1sc2cc(C)ccc2c1Cl)c1ccccn1. The van der Waals surface area contributed by atoms with Crippen LogP contribution in [0.5, 0.6) is 0 Å². The maximum absolute atomic E-state index is 12.3. The van der Waals surface area contributed by atoms with Gasteiger partial charge in [-0.1, -0.05) is 29.8 Å². The van der Waals surface area contributed by atoms with Gasteiger partial charge in [0.2, 0.25) is 0 Å². The number of carbonyl (C=O) groups is 1. The van der Waals surface area contributed by atoms with Gasteiger partial charge >= 0.3 is 0 Å². The predicted molar refractivity (Wildman–Crippen MR) is 95.5 cm³/mol. The number of amides is 1. The summed E-state index contributed by atoms with van der Waals surface area (Å²) in [4.78, 5) is 17.0. The average molecular weight is 344 g/mol. The topological polar surface area (TPSA) is 54.4 Å². The summed E-state index contributed by atoms with van der Waals surface area (Å²) in [6.45, 7) is 3.80. The van der Waals surface area contributed by atoms with Crippen LogP contribution in [0.1, 0.15) is 27.9 Å². The molecule has 0 aliphatic rings. The van der Waals surface area contributed by atoms with Gasteiger partial charge in [-0.05, 0) is 37.6 Å². The summed E-state index contributed by atoms with van der Waals surface area (Å²) in [6, 6.07) is 11.5. The normalized spacial score (nSPS) is 11.7. The molecular formula is C17H14ClN3OS. The van der Waals surface area contributed by atoms with E-state index in [4.69, 9.17) is 11.6 Å². The number of carbonyl (C=O) groups excluding carboxylic acids is 1. The fraction of sp³-hybridized carbons (Fsp3) is 0.118. The minimum absolute atomic E-state index is 0.316. The van der Waals surface area contributed by atoms with Crippen LogP contribution in [0.2, 0.25) is 5.02 Å². The maximum atomic E-state index is 12.3. The van der Waals surface area contributed by atoms with Crippen LogP contribution in [-0.4, -0.2) is 16.6 Å². The van der Waals surface area contributed by atoms with Gasteiger partial charge < -0.3 is 0 Å². The maximum Gasteiger partial charge on any atom is 0.283 e. The minimum atomic E-state index is -0.316. The van der Waals surface area contributed by atoms with E-state index in [1.165, 1.54) is 11.3 Å². The monoisotopic (exact) mass is 343 g/mol. The van der Waals surface area contributed by atoms with Gasteiger partial charge in [0.05, 0.1) is 16.4 Å². The van der Waals surface area contributed by atoms with Gasteiger partial charge in [-0.25, -0.2) is 5.43 Å². The van der Waals surface area contributed by atoms with Crippen LogP contribution >= 0.6 is 22.9 Å². The van der Waals surface area contributed by atoms with E-state index in [9.17, 15) is 4.79 Å². The third-order valence-electron chi connectivity index (χ3n) is 3.35. The highest BCUT2D eigenvalue weighted by Gasteiger charge is 2.17. The lowest BCUT2D eigenvalue weighted by Crippen LogP contribution is -2.18. The molecule has 0 atom stereocenters. The number of hydrazone groups is 1. The fourth-order valence-corrected chi connectivity index (χ4v) is 3.64. The smallest absolute Gasteiger partial charge is 0.266 e. The van der Waals surface area contributed by atoms with Crippen LogP contribution < -0.4 is 5.43 Å². The second-order valence-corrected chi connectivity index (χ2v) is 6.53. The molecule has 4 nitrogen and oxygen atoms in total. The molecule has 0 aliphatic carbocycles.